The average Bonchev–Trinajstić information content (AvgIpc) is 3.06. The van der Waals surface area contributed by atoms with Crippen LogP contribution in [0.4, 0.5) is 10.8 Å². The van der Waals surface area contributed by atoms with Crippen LogP contribution in [0.1, 0.15) is 22.5 Å². The van der Waals surface area contributed by atoms with Crippen LogP contribution in [0, 0.1) is 5.92 Å². The van der Waals surface area contributed by atoms with Gasteiger partial charge in [-0.15, -0.1) is 0 Å². The lowest BCUT2D eigenvalue weighted by Gasteiger charge is -2.31. The van der Waals surface area contributed by atoms with E-state index < -0.39 is 5.97 Å². The van der Waals surface area contributed by atoms with Crippen LogP contribution in [0.3, 0.4) is 0 Å². The Hall–Kier alpha value is -2.41. The lowest BCUT2D eigenvalue weighted by Crippen LogP contribution is -2.38. The van der Waals surface area contributed by atoms with E-state index in [2.05, 4.69) is 10.3 Å². The molecule has 120 valence electrons. The van der Waals surface area contributed by atoms with E-state index >= 15 is 0 Å². The molecule has 3 rings (SSSR count). The summed E-state index contributed by atoms with van der Waals surface area (Å²) in [6.07, 6.45) is 2.86. The predicted octanol–water partition coefficient (Wildman–Crippen LogP) is 2.70. The number of carbonyl (C=O) groups excluding carboxylic acids is 1. The van der Waals surface area contributed by atoms with Crippen molar-refractivity contribution in [3.05, 3.63) is 41.4 Å². The fourth-order valence-corrected chi connectivity index (χ4v) is 3.42. The average molecular weight is 331 g/mol. The zero-order valence-corrected chi connectivity index (χ0v) is 13.3. The maximum Gasteiger partial charge on any atom is 0.347 e. The number of aromatic nitrogens is 1. The van der Waals surface area contributed by atoms with Crippen molar-refractivity contribution in [1.82, 2.24) is 4.98 Å². The molecule has 0 atom stereocenters. The minimum absolute atomic E-state index is 0.0228. The Bertz CT molecular complexity index is 694. The molecule has 6 nitrogen and oxygen atoms in total. The van der Waals surface area contributed by atoms with E-state index in [1.807, 2.05) is 35.2 Å². The Morgan fingerprint density at radius 1 is 1.22 bits per heavy atom. The van der Waals surface area contributed by atoms with Gasteiger partial charge in [0, 0.05) is 24.7 Å². The summed E-state index contributed by atoms with van der Waals surface area (Å²) in [6, 6.07) is 9.43. The number of piperidine rings is 1. The fourth-order valence-electron chi connectivity index (χ4n) is 2.61. The Morgan fingerprint density at radius 2 is 1.91 bits per heavy atom. The summed E-state index contributed by atoms with van der Waals surface area (Å²) in [5.74, 6) is -0.933. The molecule has 0 aliphatic carbocycles. The summed E-state index contributed by atoms with van der Waals surface area (Å²) in [6.45, 7) is 1.42. The van der Waals surface area contributed by atoms with E-state index in [0.717, 1.165) is 18.5 Å². The van der Waals surface area contributed by atoms with Gasteiger partial charge in [-0.05, 0) is 25.0 Å². The molecule has 0 radical (unpaired) electrons. The second-order valence-corrected chi connectivity index (χ2v) is 6.44. The molecule has 2 N–H and O–H groups in total. The van der Waals surface area contributed by atoms with Gasteiger partial charge in [0.1, 0.15) is 4.88 Å². The minimum Gasteiger partial charge on any atom is -0.477 e. The number of carboxylic acids is 1. The number of hydrogen-bond acceptors (Lipinski definition) is 5. The van der Waals surface area contributed by atoms with Crippen LogP contribution < -0.4 is 10.2 Å². The van der Waals surface area contributed by atoms with Crippen LogP contribution in [0.2, 0.25) is 0 Å². The summed E-state index contributed by atoms with van der Waals surface area (Å²) in [7, 11) is 0. The molecule has 23 heavy (non-hydrogen) atoms. The van der Waals surface area contributed by atoms with Crippen LogP contribution >= 0.6 is 11.3 Å². The summed E-state index contributed by atoms with van der Waals surface area (Å²) >= 11 is 1.17. The first-order chi connectivity index (χ1) is 11.1. The molecule has 1 aliphatic rings. The number of nitrogens with one attached hydrogen (secondary N) is 1. The first-order valence-electron chi connectivity index (χ1n) is 7.43. The molecule has 7 heteroatoms. The number of benzene rings is 1. The van der Waals surface area contributed by atoms with Crippen molar-refractivity contribution < 1.29 is 14.7 Å². The third-order valence-corrected chi connectivity index (χ3v) is 4.93. The van der Waals surface area contributed by atoms with Gasteiger partial charge < -0.3 is 15.3 Å². The van der Waals surface area contributed by atoms with Crippen molar-refractivity contribution in [1.29, 1.82) is 0 Å². The molecule has 0 bridgehead atoms. The molecule has 1 fully saturated rings. The van der Waals surface area contributed by atoms with Crippen LogP contribution in [0.25, 0.3) is 0 Å². The summed E-state index contributed by atoms with van der Waals surface area (Å²) < 4.78 is 0. The van der Waals surface area contributed by atoms with Gasteiger partial charge in [-0.1, -0.05) is 29.5 Å². The Kier molecular flexibility index (Phi) is 4.57. The largest absolute Gasteiger partial charge is 0.477 e. The van der Waals surface area contributed by atoms with Crippen molar-refractivity contribution in [3.8, 4) is 0 Å². The van der Waals surface area contributed by atoms with Gasteiger partial charge in [-0.25, -0.2) is 9.78 Å². The van der Waals surface area contributed by atoms with Crippen LogP contribution in [0.15, 0.2) is 36.5 Å². The number of para-hydroxylation sites is 1. The minimum atomic E-state index is -0.953. The molecule has 1 aromatic heterocycles. The molecular weight excluding hydrogens is 314 g/mol. The highest BCUT2D eigenvalue weighted by Gasteiger charge is 2.26. The van der Waals surface area contributed by atoms with Crippen molar-refractivity contribution in [2.45, 2.75) is 12.8 Å². The summed E-state index contributed by atoms with van der Waals surface area (Å²) in [5, 5.41) is 12.6. The smallest absolute Gasteiger partial charge is 0.347 e. The van der Waals surface area contributed by atoms with Gasteiger partial charge in [0.2, 0.25) is 5.91 Å². The highest BCUT2D eigenvalue weighted by molar-refractivity contribution is 7.17. The van der Waals surface area contributed by atoms with E-state index in [1.165, 1.54) is 17.5 Å². The monoisotopic (exact) mass is 331 g/mol. The zero-order chi connectivity index (χ0) is 16.2. The SMILES string of the molecule is O=C(O)c1cnc(N2CCC(C(=O)Nc3ccccc3)CC2)s1. The van der Waals surface area contributed by atoms with Crippen LogP contribution in [0.5, 0.6) is 0 Å². The Labute approximate surface area is 137 Å². The molecule has 1 aromatic carbocycles. The molecule has 0 unspecified atom stereocenters. The molecule has 1 amide bonds. The maximum absolute atomic E-state index is 12.3. The topological polar surface area (TPSA) is 82.5 Å². The quantitative estimate of drug-likeness (QED) is 0.900. The fraction of sp³-hybridized carbons (Fsp3) is 0.312. The molecule has 2 aromatic rings. The zero-order valence-electron chi connectivity index (χ0n) is 12.4. The van der Waals surface area contributed by atoms with E-state index in [0.29, 0.717) is 18.2 Å². The molecular formula is C16H17N3O3S. The predicted molar refractivity (Wildman–Crippen MR) is 89.1 cm³/mol. The van der Waals surface area contributed by atoms with E-state index in [1.54, 1.807) is 0 Å². The van der Waals surface area contributed by atoms with E-state index in [-0.39, 0.29) is 16.7 Å². The number of nitrogens with zero attached hydrogens (tertiary/aromatic N) is 2. The number of aromatic carboxylic acids is 1. The second kappa shape index (κ2) is 6.78. The molecule has 1 aliphatic heterocycles. The van der Waals surface area contributed by atoms with Gasteiger partial charge in [0.15, 0.2) is 5.13 Å². The number of anilines is 2. The van der Waals surface area contributed by atoms with Crippen LogP contribution in [-0.2, 0) is 4.79 Å². The van der Waals surface area contributed by atoms with E-state index in [9.17, 15) is 9.59 Å². The lowest BCUT2D eigenvalue weighted by atomic mass is 9.96. The first-order valence-corrected chi connectivity index (χ1v) is 8.25. The Morgan fingerprint density at radius 3 is 2.52 bits per heavy atom. The van der Waals surface area contributed by atoms with Gasteiger partial charge in [0.25, 0.3) is 0 Å². The summed E-state index contributed by atoms with van der Waals surface area (Å²) in [4.78, 5) is 29.6. The number of hydrogen-bond donors (Lipinski definition) is 2. The van der Waals surface area contributed by atoms with Crippen molar-refractivity contribution in [2.75, 3.05) is 23.3 Å². The number of amides is 1. The number of thiazole rings is 1. The number of rotatable bonds is 4. The van der Waals surface area contributed by atoms with Gasteiger partial charge in [-0.2, -0.15) is 0 Å². The van der Waals surface area contributed by atoms with Gasteiger partial charge >= 0.3 is 5.97 Å². The molecule has 0 saturated carbocycles. The van der Waals surface area contributed by atoms with Crippen molar-refractivity contribution in [2.24, 2.45) is 5.92 Å². The van der Waals surface area contributed by atoms with Crippen molar-refractivity contribution in [3.63, 3.8) is 0 Å². The third-order valence-electron chi connectivity index (χ3n) is 3.88. The highest BCUT2D eigenvalue weighted by Crippen LogP contribution is 2.28. The maximum atomic E-state index is 12.3. The highest BCUT2D eigenvalue weighted by atomic mass is 32.1. The standard InChI is InChI=1S/C16H17N3O3S/c20-14(18-12-4-2-1-3-5-12)11-6-8-19(9-7-11)16-17-10-13(23-16)15(21)22/h1-5,10-11H,6-9H2,(H,18,20)(H,21,22). The first kappa shape index (κ1) is 15.5. The number of carbonyl (C=O) groups is 2. The Balaban J connectivity index is 1.55. The molecule has 1 saturated heterocycles. The van der Waals surface area contributed by atoms with Crippen LogP contribution in [-0.4, -0.2) is 35.1 Å². The number of carboxylic acid groups (broad SMARTS) is 1. The van der Waals surface area contributed by atoms with E-state index in [4.69, 9.17) is 5.11 Å². The third kappa shape index (κ3) is 3.68. The van der Waals surface area contributed by atoms with Gasteiger partial charge in [0.05, 0.1) is 6.20 Å². The van der Waals surface area contributed by atoms with Gasteiger partial charge in [-0.3, -0.25) is 4.79 Å². The van der Waals surface area contributed by atoms with Crippen molar-refractivity contribution >= 4 is 34.0 Å². The second-order valence-electron chi connectivity index (χ2n) is 5.43. The normalized spacial score (nSPS) is 15.4. The molecule has 0 spiro atoms. The summed E-state index contributed by atoms with van der Waals surface area (Å²) in [5.41, 5.74) is 0.811. The molecule has 2 heterocycles. The lowest BCUT2D eigenvalue weighted by molar-refractivity contribution is -0.120.